The Bertz CT molecular complexity index is 651. The largest absolute Gasteiger partial charge is 0.350 e. The lowest BCUT2D eigenvalue weighted by atomic mass is 10.0. The predicted molar refractivity (Wildman–Crippen MR) is 79.3 cm³/mol. The molecule has 0 radical (unpaired) electrons. The molecule has 7 nitrogen and oxygen atoms in total. The second-order valence-electron chi connectivity index (χ2n) is 4.46. The summed E-state index contributed by atoms with van der Waals surface area (Å²) in [5.41, 5.74) is 7.91. The van der Waals surface area contributed by atoms with Crippen LogP contribution in [0.25, 0.3) is 5.57 Å². The molecule has 3 heterocycles. The quantitative estimate of drug-likeness (QED) is 0.401. The molecule has 9 heteroatoms. The SMILES string of the molecule is NC1NC(=O)/C(=C2/CCNC(=O)c3[nH]c(Br)c(Br)c32)N1. The molecule has 1 aromatic rings. The van der Waals surface area contributed by atoms with E-state index in [0.717, 1.165) is 5.57 Å². The fraction of sp³-hybridized carbons (Fsp3) is 0.273. The fourth-order valence-electron chi connectivity index (χ4n) is 2.36. The number of amides is 2. The highest BCUT2D eigenvalue weighted by atomic mass is 79.9. The first kappa shape index (κ1) is 13.7. The summed E-state index contributed by atoms with van der Waals surface area (Å²) in [6, 6.07) is 0. The number of hydrogen-bond acceptors (Lipinski definition) is 4. The summed E-state index contributed by atoms with van der Waals surface area (Å²) in [7, 11) is 0. The number of halogens is 2. The summed E-state index contributed by atoms with van der Waals surface area (Å²) in [6.07, 6.45) is -0.0779. The van der Waals surface area contributed by atoms with Crippen molar-refractivity contribution in [2.75, 3.05) is 6.54 Å². The second-order valence-corrected chi connectivity index (χ2v) is 6.04. The van der Waals surface area contributed by atoms with E-state index in [1.54, 1.807) is 0 Å². The Hall–Kier alpha value is -1.32. The number of aromatic nitrogens is 1. The highest BCUT2D eigenvalue weighted by Crippen LogP contribution is 2.38. The Morgan fingerprint density at radius 2 is 1.90 bits per heavy atom. The first-order valence-corrected chi connectivity index (χ1v) is 7.49. The summed E-state index contributed by atoms with van der Waals surface area (Å²) in [5.74, 6) is -0.471. The molecule has 3 rings (SSSR count). The normalized spacial score (nSPS) is 25.6. The van der Waals surface area contributed by atoms with Gasteiger partial charge in [0.15, 0.2) is 6.29 Å². The van der Waals surface area contributed by atoms with Crippen LogP contribution in [0.2, 0.25) is 0 Å². The van der Waals surface area contributed by atoms with E-state index < -0.39 is 6.29 Å². The van der Waals surface area contributed by atoms with Crippen molar-refractivity contribution in [1.82, 2.24) is 20.9 Å². The van der Waals surface area contributed by atoms with Gasteiger partial charge in [0.25, 0.3) is 11.8 Å². The minimum Gasteiger partial charge on any atom is -0.350 e. The number of nitrogens with one attached hydrogen (secondary N) is 4. The number of nitrogens with two attached hydrogens (primary N) is 1. The van der Waals surface area contributed by atoms with Crippen molar-refractivity contribution in [3.63, 3.8) is 0 Å². The lowest BCUT2D eigenvalue weighted by molar-refractivity contribution is -0.116. The maximum atomic E-state index is 12.0. The van der Waals surface area contributed by atoms with Gasteiger partial charge in [0.05, 0.1) is 9.08 Å². The van der Waals surface area contributed by atoms with Crippen molar-refractivity contribution in [3.8, 4) is 0 Å². The van der Waals surface area contributed by atoms with Crippen molar-refractivity contribution in [1.29, 1.82) is 0 Å². The summed E-state index contributed by atoms with van der Waals surface area (Å²) in [4.78, 5) is 26.9. The summed E-state index contributed by atoms with van der Waals surface area (Å²) in [6.45, 7) is 0.453. The molecule has 0 aliphatic carbocycles. The molecule has 0 saturated carbocycles. The van der Waals surface area contributed by atoms with Gasteiger partial charge < -0.3 is 20.9 Å². The van der Waals surface area contributed by atoms with Gasteiger partial charge in [-0.3, -0.25) is 15.3 Å². The number of carbonyl (C=O) groups is 2. The van der Waals surface area contributed by atoms with Crippen molar-refractivity contribution in [2.45, 2.75) is 12.7 Å². The molecule has 0 spiro atoms. The summed E-state index contributed by atoms with van der Waals surface area (Å²) in [5, 5.41) is 8.27. The van der Waals surface area contributed by atoms with Crippen LogP contribution in [0.5, 0.6) is 0 Å². The molecule has 0 bridgehead atoms. The van der Waals surface area contributed by atoms with Crippen molar-refractivity contribution in [3.05, 3.63) is 26.0 Å². The number of aromatic amines is 1. The average molecular weight is 405 g/mol. The van der Waals surface area contributed by atoms with Gasteiger partial charge in [-0.2, -0.15) is 0 Å². The Balaban J connectivity index is 2.23. The van der Waals surface area contributed by atoms with Gasteiger partial charge in [0.1, 0.15) is 11.4 Å². The van der Waals surface area contributed by atoms with Crippen LogP contribution >= 0.6 is 31.9 Å². The molecule has 0 aromatic carbocycles. The van der Waals surface area contributed by atoms with Crippen LogP contribution in [0, 0.1) is 0 Å². The van der Waals surface area contributed by atoms with Crippen LogP contribution in [-0.4, -0.2) is 29.6 Å². The smallest absolute Gasteiger partial charge is 0.270 e. The van der Waals surface area contributed by atoms with Crippen molar-refractivity contribution >= 4 is 49.2 Å². The average Bonchev–Trinajstić information content (AvgIpc) is 2.81. The van der Waals surface area contributed by atoms with E-state index in [1.807, 2.05) is 0 Å². The van der Waals surface area contributed by atoms with E-state index in [1.165, 1.54) is 0 Å². The lowest BCUT2D eigenvalue weighted by Gasteiger charge is -2.09. The third-order valence-corrected chi connectivity index (χ3v) is 5.12. The van der Waals surface area contributed by atoms with Crippen LogP contribution < -0.4 is 21.7 Å². The van der Waals surface area contributed by atoms with Crippen molar-refractivity contribution in [2.24, 2.45) is 5.73 Å². The van der Waals surface area contributed by atoms with Gasteiger partial charge in [-0.25, -0.2) is 0 Å². The van der Waals surface area contributed by atoms with E-state index in [2.05, 4.69) is 52.8 Å². The second kappa shape index (κ2) is 4.90. The van der Waals surface area contributed by atoms with E-state index in [0.29, 0.717) is 39.0 Å². The number of carbonyl (C=O) groups excluding carboxylic acids is 2. The zero-order valence-corrected chi connectivity index (χ0v) is 13.3. The molecule has 2 aliphatic rings. The maximum Gasteiger partial charge on any atom is 0.270 e. The molecule has 2 aliphatic heterocycles. The van der Waals surface area contributed by atoms with Crippen LogP contribution in [0.4, 0.5) is 0 Å². The highest BCUT2D eigenvalue weighted by molar-refractivity contribution is 9.13. The summed E-state index contributed by atoms with van der Waals surface area (Å²) >= 11 is 6.78. The predicted octanol–water partition coefficient (Wildman–Crippen LogP) is 0.346. The Labute approximate surface area is 131 Å². The molecule has 106 valence electrons. The third kappa shape index (κ3) is 2.05. The van der Waals surface area contributed by atoms with Crippen molar-refractivity contribution < 1.29 is 9.59 Å². The minimum absolute atomic E-state index is 0.204. The maximum absolute atomic E-state index is 12.0. The topological polar surface area (TPSA) is 112 Å². The monoisotopic (exact) mass is 403 g/mol. The zero-order valence-electron chi connectivity index (χ0n) is 10.1. The summed E-state index contributed by atoms with van der Waals surface area (Å²) < 4.78 is 1.36. The third-order valence-electron chi connectivity index (χ3n) is 3.20. The van der Waals surface area contributed by atoms with E-state index >= 15 is 0 Å². The molecular formula is C11H11Br2N5O2. The van der Waals surface area contributed by atoms with Crippen LogP contribution in [-0.2, 0) is 4.79 Å². The first-order chi connectivity index (χ1) is 9.49. The van der Waals surface area contributed by atoms with Gasteiger partial charge >= 0.3 is 0 Å². The lowest BCUT2D eigenvalue weighted by Crippen LogP contribution is -2.40. The Morgan fingerprint density at radius 1 is 1.15 bits per heavy atom. The molecule has 2 amide bonds. The zero-order chi connectivity index (χ0) is 14.4. The molecule has 1 unspecified atom stereocenters. The fourth-order valence-corrected chi connectivity index (χ4v) is 3.29. The standard InChI is InChI=1S/C11H11Br2N5O2/c12-5-4-3(6-10(20)18-11(14)17-6)1-2-15-9(19)7(4)16-8(5)13/h11,16-17H,1-2,14H2,(H,15,19)(H,18,20)/b6-3+. The van der Waals surface area contributed by atoms with Gasteiger partial charge in [-0.1, -0.05) is 0 Å². The van der Waals surface area contributed by atoms with Crippen LogP contribution in [0.3, 0.4) is 0 Å². The number of H-pyrrole nitrogens is 1. The molecular weight excluding hydrogens is 394 g/mol. The Kier molecular flexibility index (Phi) is 3.35. The van der Waals surface area contributed by atoms with E-state index in [4.69, 9.17) is 5.73 Å². The number of hydrogen-bond donors (Lipinski definition) is 5. The molecule has 1 fully saturated rings. The Morgan fingerprint density at radius 3 is 2.55 bits per heavy atom. The van der Waals surface area contributed by atoms with Gasteiger partial charge in [-0.15, -0.1) is 0 Å². The van der Waals surface area contributed by atoms with E-state index in [-0.39, 0.29) is 11.8 Å². The molecule has 1 aromatic heterocycles. The number of fused-ring (bicyclic) bond motifs is 1. The van der Waals surface area contributed by atoms with Gasteiger partial charge in [0, 0.05) is 12.1 Å². The van der Waals surface area contributed by atoms with Crippen LogP contribution in [0.15, 0.2) is 14.8 Å². The van der Waals surface area contributed by atoms with Crippen LogP contribution in [0.1, 0.15) is 22.5 Å². The molecule has 1 saturated heterocycles. The number of rotatable bonds is 0. The van der Waals surface area contributed by atoms with E-state index in [9.17, 15) is 9.59 Å². The highest BCUT2D eigenvalue weighted by Gasteiger charge is 2.32. The van der Waals surface area contributed by atoms with Gasteiger partial charge in [-0.05, 0) is 43.9 Å². The molecule has 20 heavy (non-hydrogen) atoms. The molecule has 6 N–H and O–H groups in total. The van der Waals surface area contributed by atoms with Gasteiger partial charge in [0.2, 0.25) is 0 Å². The minimum atomic E-state index is -0.610. The molecule has 1 atom stereocenters. The first-order valence-electron chi connectivity index (χ1n) is 5.90.